The van der Waals surface area contributed by atoms with Gasteiger partial charge < -0.3 is 20.5 Å². The van der Waals surface area contributed by atoms with E-state index in [0.717, 1.165) is 11.2 Å². The molecule has 0 saturated heterocycles. The maximum atomic E-state index is 14.0. The Bertz CT molecular complexity index is 1280. The third-order valence-electron chi connectivity index (χ3n) is 4.95. The SMILES string of the molecule is COc1ccc(C(CO)NC(=O)c2ccc3cnc(Nc4ccnn4C)cc3n2)cc1F. The number of aliphatic hydroxyl groups excluding tert-OH is 1. The van der Waals surface area contributed by atoms with E-state index in [4.69, 9.17) is 4.74 Å². The van der Waals surface area contributed by atoms with Crippen molar-refractivity contribution in [2.45, 2.75) is 6.04 Å². The van der Waals surface area contributed by atoms with Crippen molar-refractivity contribution >= 4 is 28.4 Å². The van der Waals surface area contributed by atoms with Crippen LogP contribution in [-0.4, -0.2) is 44.5 Å². The fourth-order valence-electron chi connectivity index (χ4n) is 3.20. The monoisotopic (exact) mass is 436 g/mol. The summed E-state index contributed by atoms with van der Waals surface area (Å²) >= 11 is 0. The highest BCUT2D eigenvalue weighted by molar-refractivity contribution is 5.95. The van der Waals surface area contributed by atoms with Crippen molar-refractivity contribution in [1.82, 2.24) is 25.1 Å². The smallest absolute Gasteiger partial charge is 0.270 e. The second kappa shape index (κ2) is 8.98. The maximum Gasteiger partial charge on any atom is 0.270 e. The molecule has 3 N–H and O–H groups in total. The summed E-state index contributed by atoms with van der Waals surface area (Å²) in [6.07, 6.45) is 3.32. The number of halogens is 1. The average molecular weight is 436 g/mol. The van der Waals surface area contributed by atoms with Gasteiger partial charge >= 0.3 is 0 Å². The average Bonchev–Trinajstić information content (AvgIpc) is 3.20. The van der Waals surface area contributed by atoms with E-state index in [0.29, 0.717) is 16.9 Å². The van der Waals surface area contributed by atoms with E-state index < -0.39 is 24.4 Å². The predicted octanol–water partition coefficient (Wildman–Crippen LogP) is 2.72. The van der Waals surface area contributed by atoms with Gasteiger partial charge in [-0.05, 0) is 29.8 Å². The van der Waals surface area contributed by atoms with Gasteiger partial charge in [0.25, 0.3) is 5.91 Å². The van der Waals surface area contributed by atoms with Gasteiger partial charge in [0.1, 0.15) is 17.3 Å². The molecule has 3 heterocycles. The van der Waals surface area contributed by atoms with E-state index in [1.807, 2.05) is 0 Å². The molecule has 0 saturated carbocycles. The lowest BCUT2D eigenvalue weighted by Gasteiger charge is -2.17. The van der Waals surface area contributed by atoms with Crippen LogP contribution in [0.4, 0.5) is 16.0 Å². The molecule has 0 aliphatic rings. The first-order chi connectivity index (χ1) is 15.5. The number of pyridine rings is 2. The van der Waals surface area contributed by atoms with E-state index in [1.54, 1.807) is 54.5 Å². The highest BCUT2D eigenvalue weighted by Crippen LogP contribution is 2.23. The lowest BCUT2D eigenvalue weighted by atomic mass is 10.1. The highest BCUT2D eigenvalue weighted by atomic mass is 19.1. The maximum absolute atomic E-state index is 14.0. The number of anilines is 2. The Hall–Kier alpha value is -4.05. The number of fused-ring (bicyclic) bond motifs is 1. The van der Waals surface area contributed by atoms with Gasteiger partial charge in [-0.2, -0.15) is 5.10 Å². The van der Waals surface area contributed by atoms with Gasteiger partial charge in [0.05, 0.1) is 31.5 Å². The number of nitrogens with zero attached hydrogens (tertiary/aromatic N) is 4. The minimum absolute atomic E-state index is 0.0807. The van der Waals surface area contributed by atoms with Gasteiger partial charge in [-0.3, -0.25) is 9.48 Å². The molecule has 9 nitrogen and oxygen atoms in total. The Morgan fingerprint density at radius 1 is 1.25 bits per heavy atom. The lowest BCUT2D eigenvalue weighted by molar-refractivity contribution is 0.0911. The number of nitrogens with one attached hydrogen (secondary N) is 2. The number of hydrogen-bond acceptors (Lipinski definition) is 7. The van der Waals surface area contributed by atoms with Crippen molar-refractivity contribution in [3.8, 4) is 5.75 Å². The van der Waals surface area contributed by atoms with Crippen LogP contribution >= 0.6 is 0 Å². The third kappa shape index (κ3) is 4.35. The summed E-state index contributed by atoms with van der Waals surface area (Å²) in [7, 11) is 3.16. The van der Waals surface area contributed by atoms with Crippen LogP contribution < -0.4 is 15.4 Å². The Morgan fingerprint density at radius 2 is 2.09 bits per heavy atom. The van der Waals surface area contributed by atoms with Crippen molar-refractivity contribution in [2.24, 2.45) is 7.05 Å². The lowest BCUT2D eigenvalue weighted by Crippen LogP contribution is -2.31. The molecule has 0 fully saturated rings. The Morgan fingerprint density at radius 3 is 2.78 bits per heavy atom. The summed E-state index contributed by atoms with van der Waals surface area (Å²) in [5.74, 6) is 0.302. The van der Waals surface area contributed by atoms with Gasteiger partial charge in [-0.15, -0.1) is 0 Å². The topological polar surface area (TPSA) is 114 Å². The first kappa shape index (κ1) is 21.2. The molecule has 164 valence electrons. The minimum Gasteiger partial charge on any atom is -0.494 e. The van der Waals surface area contributed by atoms with Crippen LogP contribution in [0.25, 0.3) is 10.9 Å². The predicted molar refractivity (Wildman–Crippen MR) is 116 cm³/mol. The largest absolute Gasteiger partial charge is 0.494 e. The molecule has 3 aromatic heterocycles. The quantitative estimate of drug-likeness (QED) is 0.408. The van der Waals surface area contributed by atoms with E-state index in [1.165, 1.54) is 19.2 Å². The van der Waals surface area contributed by atoms with Crippen LogP contribution in [0.15, 0.2) is 54.9 Å². The van der Waals surface area contributed by atoms with Crippen LogP contribution in [0.2, 0.25) is 0 Å². The van der Waals surface area contributed by atoms with Crippen LogP contribution in [0.1, 0.15) is 22.1 Å². The number of methoxy groups -OCH3 is 1. The molecule has 0 aliphatic carbocycles. The number of benzene rings is 1. The number of aliphatic hydroxyl groups is 1. The molecule has 1 atom stereocenters. The van der Waals surface area contributed by atoms with E-state index >= 15 is 0 Å². The highest BCUT2D eigenvalue weighted by Gasteiger charge is 2.18. The zero-order valence-electron chi connectivity index (χ0n) is 17.4. The van der Waals surface area contributed by atoms with Crippen molar-refractivity contribution in [3.05, 3.63) is 71.9 Å². The number of amides is 1. The summed E-state index contributed by atoms with van der Waals surface area (Å²) in [5, 5.41) is 20.4. The number of aromatic nitrogens is 4. The summed E-state index contributed by atoms with van der Waals surface area (Å²) in [6.45, 7) is -0.409. The molecule has 32 heavy (non-hydrogen) atoms. The molecule has 10 heteroatoms. The number of carbonyl (C=O) groups excluding carboxylic acids is 1. The zero-order valence-corrected chi connectivity index (χ0v) is 17.4. The summed E-state index contributed by atoms with van der Waals surface area (Å²) in [5.41, 5.74) is 1.13. The van der Waals surface area contributed by atoms with Crippen LogP contribution in [0.3, 0.4) is 0 Å². The Balaban J connectivity index is 1.55. The van der Waals surface area contributed by atoms with Gasteiger partial charge in [-0.25, -0.2) is 14.4 Å². The molecule has 0 bridgehead atoms. The number of rotatable bonds is 7. The third-order valence-corrected chi connectivity index (χ3v) is 4.95. The second-order valence-electron chi connectivity index (χ2n) is 7.03. The molecule has 1 unspecified atom stereocenters. The molecular formula is C22H21FN6O3. The molecule has 0 aliphatic heterocycles. The van der Waals surface area contributed by atoms with E-state index in [2.05, 4.69) is 25.7 Å². The number of ether oxygens (including phenoxy) is 1. The summed E-state index contributed by atoms with van der Waals surface area (Å²) in [6, 6.07) is 10.3. The van der Waals surface area contributed by atoms with E-state index in [-0.39, 0.29) is 11.4 Å². The van der Waals surface area contributed by atoms with Crippen molar-refractivity contribution < 1.29 is 19.0 Å². The van der Waals surface area contributed by atoms with Crippen LogP contribution in [0.5, 0.6) is 5.75 Å². The van der Waals surface area contributed by atoms with Crippen LogP contribution in [0, 0.1) is 5.82 Å². The van der Waals surface area contributed by atoms with E-state index in [9.17, 15) is 14.3 Å². The molecule has 1 amide bonds. The number of carbonyl (C=O) groups is 1. The van der Waals surface area contributed by atoms with Crippen molar-refractivity contribution in [2.75, 3.05) is 19.0 Å². The van der Waals surface area contributed by atoms with Crippen molar-refractivity contribution in [3.63, 3.8) is 0 Å². The molecule has 0 spiro atoms. The van der Waals surface area contributed by atoms with Crippen LogP contribution in [-0.2, 0) is 7.05 Å². The Labute approximate surface area is 182 Å². The van der Waals surface area contributed by atoms with Crippen molar-refractivity contribution in [1.29, 1.82) is 0 Å². The fraction of sp³-hybridized carbons (Fsp3) is 0.182. The normalized spacial score (nSPS) is 11.9. The molecular weight excluding hydrogens is 415 g/mol. The Kier molecular flexibility index (Phi) is 5.95. The summed E-state index contributed by atoms with van der Waals surface area (Å²) < 4.78 is 20.6. The number of hydrogen-bond donors (Lipinski definition) is 3. The molecule has 0 radical (unpaired) electrons. The first-order valence-corrected chi connectivity index (χ1v) is 9.75. The first-order valence-electron chi connectivity index (χ1n) is 9.75. The minimum atomic E-state index is -0.806. The van der Waals surface area contributed by atoms with Gasteiger partial charge in [0.15, 0.2) is 11.6 Å². The summed E-state index contributed by atoms with van der Waals surface area (Å²) in [4.78, 5) is 21.6. The van der Waals surface area contributed by atoms with Gasteiger partial charge in [0.2, 0.25) is 0 Å². The zero-order chi connectivity index (χ0) is 22.7. The fourth-order valence-corrected chi connectivity index (χ4v) is 3.20. The van der Waals surface area contributed by atoms with Gasteiger partial charge in [0, 0.05) is 30.8 Å². The second-order valence-corrected chi connectivity index (χ2v) is 7.03. The number of aryl methyl sites for hydroxylation is 1. The standard InChI is InChI=1S/C22H21FN6O3/c1-29-21(7-8-25-29)28-20-10-17-14(11-24-20)3-5-16(26-17)22(31)27-18(12-30)13-4-6-19(32-2)15(23)9-13/h3-11,18,30H,12H2,1-2H3,(H,24,28)(H,27,31). The molecule has 4 aromatic rings. The molecule has 1 aromatic carbocycles. The molecule has 4 rings (SSSR count). The van der Waals surface area contributed by atoms with Gasteiger partial charge in [-0.1, -0.05) is 6.07 Å².